The minimum atomic E-state index is 1.08. The van der Waals surface area contributed by atoms with Crippen LogP contribution < -0.4 is 0 Å². The molecule has 0 saturated carbocycles. The molecule has 3 rings (SSSR count). The van der Waals surface area contributed by atoms with Crippen molar-refractivity contribution in [2.75, 3.05) is 0 Å². The zero-order chi connectivity index (χ0) is 11.7. The summed E-state index contributed by atoms with van der Waals surface area (Å²) in [6.07, 6.45) is 5.45. The number of aromatic nitrogens is 1. The average molecular weight is 221 g/mol. The summed E-state index contributed by atoms with van der Waals surface area (Å²) in [5.41, 5.74) is 3.68. The van der Waals surface area contributed by atoms with Gasteiger partial charge in [-0.25, -0.2) is 0 Å². The van der Waals surface area contributed by atoms with Crippen LogP contribution in [-0.4, -0.2) is 4.98 Å². The summed E-state index contributed by atoms with van der Waals surface area (Å²) in [7, 11) is 0. The molecular weight excluding hydrogens is 206 g/mol. The smallest absolute Gasteiger partial charge is 0.0465 e. The predicted octanol–water partition coefficient (Wildman–Crippen LogP) is 4.74. The lowest BCUT2D eigenvalue weighted by molar-refractivity contribution is 1.23. The number of aromatic amines is 1. The highest BCUT2D eigenvalue weighted by Gasteiger charge is 2.02. The molecule has 1 aromatic heterocycles. The third kappa shape index (κ3) is 1.74. The molecule has 0 saturated heterocycles. The second-order valence-electron chi connectivity index (χ2n) is 4.29. The Hall–Kier alpha value is -2.02. The Balaban J connectivity index is 2.26. The molecule has 1 nitrogen and oxygen atoms in total. The van der Waals surface area contributed by atoms with Crippen molar-refractivity contribution >= 4 is 27.9 Å². The molecule has 0 unspecified atom stereocenters. The van der Waals surface area contributed by atoms with Gasteiger partial charge in [0.25, 0.3) is 0 Å². The molecule has 0 fully saturated rings. The van der Waals surface area contributed by atoms with Crippen LogP contribution >= 0.6 is 0 Å². The molecule has 3 aromatic rings. The van der Waals surface area contributed by atoms with E-state index in [0.29, 0.717) is 0 Å². The van der Waals surface area contributed by atoms with E-state index in [1.165, 1.54) is 27.4 Å². The number of hydrogen-bond acceptors (Lipinski definition) is 0. The van der Waals surface area contributed by atoms with Gasteiger partial charge in [0.1, 0.15) is 0 Å². The number of rotatable bonds is 2. The first-order valence-corrected chi connectivity index (χ1v) is 6.05. The minimum absolute atomic E-state index is 1.08. The summed E-state index contributed by atoms with van der Waals surface area (Å²) in [6.45, 7) is 2.15. The second kappa shape index (κ2) is 4.10. The van der Waals surface area contributed by atoms with E-state index in [1.807, 2.05) is 0 Å². The van der Waals surface area contributed by atoms with Gasteiger partial charge in [-0.1, -0.05) is 43.3 Å². The first kappa shape index (κ1) is 10.2. The molecule has 84 valence electrons. The molecule has 1 heteroatoms. The standard InChI is InChI=1S/C16H15N/c1-2-3-6-12-9-10-16-14(11-12)13-7-4-5-8-15(13)17-16/h3-11,17H,2H2,1H3. The number of benzene rings is 2. The van der Waals surface area contributed by atoms with Crippen molar-refractivity contribution in [3.8, 4) is 0 Å². The molecule has 0 bridgehead atoms. The Morgan fingerprint density at radius 2 is 1.82 bits per heavy atom. The lowest BCUT2D eigenvalue weighted by atomic mass is 10.1. The Labute approximate surface area is 101 Å². The van der Waals surface area contributed by atoms with Crippen LogP contribution in [-0.2, 0) is 0 Å². The Bertz CT molecular complexity index is 689. The molecule has 0 amide bonds. The van der Waals surface area contributed by atoms with E-state index in [9.17, 15) is 0 Å². The number of hydrogen-bond donors (Lipinski definition) is 1. The molecule has 0 aliphatic carbocycles. The number of nitrogens with one attached hydrogen (secondary N) is 1. The van der Waals surface area contributed by atoms with Crippen molar-refractivity contribution < 1.29 is 0 Å². The minimum Gasteiger partial charge on any atom is -0.355 e. The summed E-state index contributed by atoms with van der Waals surface area (Å²) in [5, 5.41) is 2.60. The summed E-state index contributed by atoms with van der Waals surface area (Å²) in [4.78, 5) is 3.44. The van der Waals surface area contributed by atoms with Crippen molar-refractivity contribution in [3.63, 3.8) is 0 Å². The van der Waals surface area contributed by atoms with Gasteiger partial charge in [0, 0.05) is 21.8 Å². The molecule has 0 spiro atoms. The molecule has 17 heavy (non-hydrogen) atoms. The van der Waals surface area contributed by atoms with Gasteiger partial charge >= 0.3 is 0 Å². The van der Waals surface area contributed by atoms with E-state index in [2.05, 4.69) is 66.5 Å². The Kier molecular flexibility index (Phi) is 2.45. The zero-order valence-electron chi connectivity index (χ0n) is 9.90. The molecule has 0 aliphatic heterocycles. The maximum atomic E-state index is 3.44. The predicted molar refractivity (Wildman–Crippen MR) is 75.1 cm³/mol. The molecule has 0 radical (unpaired) electrons. The van der Waals surface area contributed by atoms with Gasteiger partial charge in [0.15, 0.2) is 0 Å². The number of para-hydroxylation sites is 1. The van der Waals surface area contributed by atoms with Crippen LogP contribution in [0.25, 0.3) is 27.9 Å². The number of H-pyrrole nitrogens is 1. The van der Waals surface area contributed by atoms with Gasteiger partial charge < -0.3 is 4.98 Å². The van der Waals surface area contributed by atoms with Crippen molar-refractivity contribution in [3.05, 3.63) is 54.1 Å². The van der Waals surface area contributed by atoms with E-state index in [0.717, 1.165) is 6.42 Å². The maximum Gasteiger partial charge on any atom is 0.0465 e. The van der Waals surface area contributed by atoms with E-state index in [-0.39, 0.29) is 0 Å². The third-order valence-electron chi connectivity index (χ3n) is 3.08. The van der Waals surface area contributed by atoms with Gasteiger partial charge in [-0.05, 0) is 30.2 Å². The highest BCUT2D eigenvalue weighted by Crippen LogP contribution is 2.26. The van der Waals surface area contributed by atoms with Gasteiger partial charge in [-0.3, -0.25) is 0 Å². The normalized spacial score (nSPS) is 11.8. The Morgan fingerprint density at radius 3 is 2.71 bits per heavy atom. The van der Waals surface area contributed by atoms with Crippen LogP contribution in [0.5, 0.6) is 0 Å². The second-order valence-corrected chi connectivity index (χ2v) is 4.29. The fourth-order valence-corrected chi connectivity index (χ4v) is 2.22. The van der Waals surface area contributed by atoms with Gasteiger partial charge in [-0.2, -0.15) is 0 Å². The van der Waals surface area contributed by atoms with Crippen LogP contribution in [0.15, 0.2) is 48.5 Å². The Morgan fingerprint density at radius 1 is 1.00 bits per heavy atom. The number of allylic oxidation sites excluding steroid dienone is 1. The lowest BCUT2D eigenvalue weighted by Crippen LogP contribution is -1.72. The van der Waals surface area contributed by atoms with Crippen molar-refractivity contribution in [1.82, 2.24) is 4.98 Å². The summed E-state index contributed by atoms with van der Waals surface area (Å²) in [6, 6.07) is 15.0. The third-order valence-corrected chi connectivity index (χ3v) is 3.08. The largest absolute Gasteiger partial charge is 0.355 e. The van der Waals surface area contributed by atoms with Crippen LogP contribution in [0.3, 0.4) is 0 Å². The summed E-state index contributed by atoms with van der Waals surface area (Å²) in [5.74, 6) is 0. The quantitative estimate of drug-likeness (QED) is 0.643. The maximum absolute atomic E-state index is 3.44. The van der Waals surface area contributed by atoms with Gasteiger partial charge in [0.05, 0.1) is 0 Å². The molecule has 1 N–H and O–H groups in total. The van der Waals surface area contributed by atoms with E-state index in [4.69, 9.17) is 0 Å². The highest BCUT2D eigenvalue weighted by atomic mass is 14.7. The monoisotopic (exact) mass is 221 g/mol. The van der Waals surface area contributed by atoms with Crippen LogP contribution in [0.2, 0.25) is 0 Å². The zero-order valence-corrected chi connectivity index (χ0v) is 9.90. The number of fused-ring (bicyclic) bond motifs is 3. The van der Waals surface area contributed by atoms with Crippen LogP contribution in [0, 0.1) is 0 Å². The first-order chi connectivity index (χ1) is 8.38. The average Bonchev–Trinajstić information content (AvgIpc) is 2.74. The molecule has 0 atom stereocenters. The fourth-order valence-electron chi connectivity index (χ4n) is 2.22. The molecule has 0 aliphatic rings. The van der Waals surface area contributed by atoms with E-state index in [1.54, 1.807) is 0 Å². The van der Waals surface area contributed by atoms with Gasteiger partial charge in [0.2, 0.25) is 0 Å². The SMILES string of the molecule is CCC=Cc1ccc2[nH]c3ccccc3c2c1. The van der Waals surface area contributed by atoms with E-state index >= 15 is 0 Å². The van der Waals surface area contributed by atoms with Crippen molar-refractivity contribution in [2.24, 2.45) is 0 Å². The van der Waals surface area contributed by atoms with Crippen molar-refractivity contribution in [1.29, 1.82) is 0 Å². The molecular formula is C16H15N. The first-order valence-electron chi connectivity index (χ1n) is 6.05. The highest BCUT2D eigenvalue weighted by molar-refractivity contribution is 6.07. The van der Waals surface area contributed by atoms with Crippen LogP contribution in [0.4, 0.5) is 0 Å². The van der Waals surface area contributed by atoms with Crippen LogP contribution in [0.1, 0.15) is 18.9 Å². The molecule has 1 heterocycles. The van der Waals surface area contributed by atoms with Gasteiger partial charge in [-0.15, -0.1) is 0 Å². The molecule has 2 aromatic carbocycles. The van der Waals surface area contributed by atoms with E-state index < -0.39 is 0 Å². The fraction of sp³-hybridized carbons (Fsp3) is 0.125. The van der Waals surface area contributed by atoms with Crippen molar-refractivity contribution in [2.45, 2.75) is 13.3 Å². The lowest BCUT2D eigenvalue weighted by Gasteiger charge is -1.95. The summed E-state index contributed by atoms with van der Waals surface area (Å²) >= 11 is 0. The summed E-state index contributed by atoms with van der Waals surface area (Å²) < 4.78 is 0. The topological polar surface area (TPSA) is 15.8 Å².